The third-order valence-electron chi connectivity index (χ3n) is 4.91. The first-order valence-electron chi connectivity index (χ1n) is 7.91. The van der Waals surface area contributed by atoms with E-state index < -0.39 is 0 Å². The van der Waals surface area contributed by atoms with Crippen LogP contribution in [0.3, 0.4) is 0 Å². The van der Waals surface area contributed by atoms with Gasteiger partial charge >= 0.3 is 0 Å². The van der Waals surface area contributed by atoms with E-state index in [9.17, 15) is 0 Å². The summed E-state index contributed by atoms with van der Waals surface area (Å²) in [6.07, 6.45) is 3.58. The first-order valence-corrected chi connectivity index (χ1v) is 7.91. The van der Waals surface area contributed by atoms with Crippen LogP contribution in [0.1, 0.15) is 33.6 Å². The first-order chi connectivity index (χ1) is 9.15. The van der Waals surface area contributed by atoms with Crippen molar-refractivity contribution < 1.29 is 0 Å². The maximum absolute atomic E-state index is 3.70. The van der Waals surface area contributed by atoms with Crippen LogP contribution in [0.2, 0.25) is 0 Å². The number of hydrogen-bond donors (Lipinski definition) is 2. The molecule has 19 heavy (non-hydrogen) atoms. The van der Waals surface area contributed by atoms with E-state index in [1.807, 2.05) is 0 Å². The maximum Gasteiger partial charge on any atom is 0.0791 e. The minimum Gasteiger partial charge on any atom is -0.298 e. The molecule has 0 aliphatic carbocycles. The lowest BCUT2D eigenvalue weighted by atomic mass is 10.1. The average Bonchev–Trinajstić information content (AvgIpc) is 2.85. The Balaban J connectivity index is 1.62. The van der Waals surface area contributed by atoms with E-state index in [0.29, 0.717) is 24.4 Å². The fourth-order valence-corrected chi connectivity index (χ4v) is 3.76. The monoisotopic (exact) mass is 267 g/mol. The molecule has 3 aliphatic rings. The smallest absolute Gasteiger partial charge is 0.0791 e. The van der Waals surface area contributed by atoms with Crippen LogP contribution in [-0.4, -0.2) is 71.9 Å². The van der Waals surface area contributed by atoms with Crippen molar-refractivity contribution in [1.29, 1.82) is 0 Å². The summed E-state index contributed by atoms with van der Waals surface area (Å²) in [7, 11) is 0. The molecule has 3 atom stereocenters. The SMILES string of the molecule is CC1CC(N2CCN(C(C)C)CC2)N2NCCC2N1. The maximum atomic E-state index is 3.70. The molecule has 0 saturated carbocycles. The molecule has 3 unspecified atom stereocenters. The molecule has 0 radical (unpaired) electrons. The van der Waals surface area contributed by atoms with Crippen LogP contribution >= 0.6 is 0 Å². The summed E-state index contributed by atoms with van der Waals surface area (Å²) >= 11 is 0. The number of rotatable bonds is 2. The Hall–Kier alpha value is -0.200. The second kappa shape index (κ2) is 5.66. The molecule has 3 fully saturated rings. The molecular weight excluding hydrogens is 238 g/mol. The minimum atomic E-state index is 0.539. The Morgan fingerprint density at radius 1 is 1.11 bits per heavy atom. The number of nitrogens with zero attached hydrogens (tertiary/aromatic N) is 3. The largest absolute Gasteiger partial charge is 0.298 e. The van der Waals surface area contributed by atoms with Gasteiger partial charge in [0.25, 0.3) is 0 Å². The quantitative estimate of drug-likeness (QED) is 0.750. The highest BCUT2D eigenvalue weighted by Crippen LogP contribution is 2.24. The lowest BCUT2D eigenvalue weighted by Gasteiger charge is -2.49. The van der Waals surface area contributed by atoms with Crippen molar-refractivity contribution in [3.05, 3.63) is 0 Å². The van der Waals surface area contributed by atoms with Gasteiger partial charge in [0, 0.05) is 44.8 Å². The Kier molecular flexibility index (Phi) is 4.10. The third kappa shape index (κ3) is 2.81. The third-order valence-corrected chi connectivity index (χ3v) is 4.91. The minimum absolute atomic E-state index is 0.539. The molecule has 3 aliphatic heterocycles. The first kappa shape index (κ1) is 13.8. The fourth-order valence-electron chi connectivity index (χ4n) is 3.76. The van der Waals surface area contributed by atoms with Crippen molar-refractivity contribution in [1.82, 2.24) is 25.6 Å². The highest BCUT2D eigenvalue weighted by Gasteiger charge is 2.40. The fraction of sp³-hybridized carbons (Fsp3) is 1.00. The highest BCUT2D eigenvalue weighted by atomic mass is 15.7. The van der Waals surface area contributed by atoms with Gasteiger partial charge in [-0.1, -0.05) is 0 Å². The number of piperazine rings is 1. The standard InChI is InChI=1S/C14H29N5/c1-11(2)17-6-8-18(9-7-17)14-10-12(3)16-13-4-5-15-19(13)14/h11-16H,4-10H2,1-3H3. The van der Waals surface area contributed by atoms with Crippen LogP contribution in [-0.2, 0) is 0 Å². The van der Waals surface area contributed by atoms with Crippen molar-refractivity contribution >= 4 is 0 Å². The average molecular weight is 267 g/mol. The summed E-state index contributed by atoms with van der Waals surface area (Å²) in [6.45, 7) is 12.9. The van der Waals surface area contributed by atoms with Gasteiger partial charge in [0.05, 0.1) is 12.3 Å². The van der Waals surface area contributed by atoms with Gasteiger partial charge in [-0.05, 0) is 33.6 Å². The molecule has 3 rings (SSSR count). The van der Waals surface area contributed by atoms with Crippen LogP contribution in [0.5, 0.6) is 0 Å². The molecule has 2 N–H and O–H groups in total. The van der Waals surface area contributed by atoms with Crippen LogP contribution in [0, 0.1) is 0 Å². The normalized spacial score (nSPS) is 38.8. The van der Waals surface area contributed by atoms with E-state index in [-0.39, 0.29) is 0 Å². The molecular formula is C14H29N5. The van der Waals surface area contributed by atoms with E-state index >= 15 is 0 Å². The van der Waals surface area contributed by atoms with E-state index in [1.165, 1.54) is 39.0 Å². The lowest BCUT2D eigenvalue weighted by Crippen LogP contribution is -2.66. The Morgan fingerprint density at radius 2 is 1.84 bits per heavy atom. The molecule has 0 aromatic carbocycles. The van der Waals surface area contributed by atoms with E-state index in [4.69, 9.17) is 0 Å². The van der Waals surface area contributed by atoms with E-state index in [2.05, 4.69) is 46.3 Å². The Labute approximate surface area is 117 Å². The molecule has 3 heterocycles. The zero-order chi connectivity index (χ0) is 13.4. The molecule has 110 valence electrons. The summed E-state index contributed by atoms with van der Waals surface area (Å²) < 4.78 is 0. The second-order valence-corrected chi connectivity index (χ2v) is 6.57. The highest BCUT2D eigenvalue weighted by molar-refractivity contribution is 4.91. The summed E-state index contributed by atoms with van der Waals surface area (Å²) in [5, 5.41) is 6.18. The topological polar surface area (TPSA) is 33.8 Å². The summed E-state index contributed by atoms with van der Waals surface area (Å²) in [5.74, 6) is 0. The molecule has 0 amide bonds. The van der Waals surface area contributed by atoms with Gasteiger partial charge in [-0.3, -0.25) is 20.5 Å². The summed E-state index contributed by atoms with van der Waals surface area (Å²) in [5.41, 5.74) is 3.58. The Morgan fingerprint density at radius 3 is 2.53 bits per heavy atom. The van der Waals surface area contributed by atoms with Crippen LogP contribution in [0.15, 0.2) is 0 Å². The number of hydrogen-bond acceptors (Lipinski definition) is 5. The molecule has 0 spiro atoms. The van der Waals surface area contributed by atoms with Crippen LogP contribution in [0.25, 0.3) is 0 Å². The Bertz CT molecular complexity index is 300. The molecule has 5 nitrogen and oxygen atoms in total. The van der Waals surface area contributed by atoms with Crippen molar-refractivity contribution in [2.45, 2.75) is 58.0 Å². The van der Waals surface area contributed by atoms with Gasteiger partial charge in [0.15, 0.2) is 0 Å². The zero-order valence-electron chi connectivity index (χ0n) is 12.6. The summed E-state index contributed by atoms with van der Waals surface area (Å²) in [4.78, 5) is 5.28. The molecule has 0 aromatic rings. The van der Waals surface area contributed by atoms with E-state index in [0.717, 1.165) is 6.54 Å². The zero-order valence-corrected chi connectivity index (χ0v) is 12.6. The van der Waals surface area contributed by atoms with Gasteiger partial charge in [-0.25, -0.2) is 5.01 Å². The molecule has 3 saturated heterocycles. The van der Waals surface area contributed by atoms with Crippen molar-refractivity contribution in [3.8, 4) is 0 Å². The second-order valence-electron chi connectivity index (χ2n) is 6.57. The molecule has 0 bridgehead atoms. The number of hydrazine groups is 1. The summed E-state index contributed by atoms with van der Waals surface area (Å²) in [6, 6.07) is 1.32. The van der Waals surface area contributed by atoms with Gasteiger partial charge < -0.3 is 0 Å². The van der Waals surface area contributed by atoms with Gasteiger partial charge in [0.2, 0.25) is 0 Å². The van der Waals surface area contributed by atoms with Gasteiger partial charge in [-0.15, -0.1) is 0 Å². The lowest BCUT2D eigenvalue weighted by molar-refractivity contribution is -0.0658. The van der Waals surface area contributed by atoms with Gasteiger partial charge in [-0.2, -0.15) is 0 Å². The van der Waals surface area contributed by atoms with E-state index in [1.54, 1.807) is 0 Å². The van der Waals surface area contributed by atoms with Crippen LogP contribution < -0.4 is 10.7 Å². The van der Waals surface area contributed by atoms with Crippen LogP contribution in [0.4, 0.5) is 0 Å². The predicted octanol–water partition coefficient (Wildman–Crippen LogP) is 0.257. The van der Waals surface area contributed by atoms with Gasteiger partial charge in [0.1, 0.15) is 0 Å². The molecule has 0 aromatic heterocycles. The predicted molar refractivity (Wildman–Crippen MR) is 77.5 cm³/mol. The number of fused-ring (bicyclic) bond motifs is 1. The van der Waals surface area contributed by atoms with Crippen molar-refractivity contribution in [3.63, 3.8) is 0 Å². The molecule has 5 heteroatoms. The van der Waals surface area contributed by atoms with Crippen molar-refractivity contribution in [2.24, 2.45) is 0 Å². The van der Waals surface area contributed by atoms with Crippen molar-refractivity contribution in [2.75, 3.05) is 32.7 Å². The number of nitrogens with one attached hydrogen (secondary N) is 2.